The predicted octanol–water partition coefficient (Wildman–Crippen LogP) is 1.24. The zero-order valence-electron chi connectivity index (χ0n) is 6.53. The van der Waals surface area contributed by atoms with Gasteiger partial charge in [0.2, 0.25) is 0 Å². The standard InChI is InChI=1S/C7H12N2OS/c1-2-3-6(10)4-7-8-5-9-11-7/h5-6,10H,2-4H2,1H3. The highest BCUT2D eigenvalue weighted by atomic mass is 32.1. The molecular weight excluding hydrogens is 160 g/mol. The lowest BCUT2D eigenvalue weighted by Gasteiger charge is -2.04. The van der Waals surface area contributed by atoms with Crippen LogP contribution >= 0.6 is 11.5 Å². The molecule has 0 bridgehead atoms. The number of aromatic nitrogens is 2. The van der Waals surface area contributed by atoms with Crippen LogP contribution in [-0.2, 0) is 6.42 Å². The van der Waals surface area contributed by atoms with Gasteiger partial charge in [0, 0.05) is 6.42 Å². The lowest BCUT2D eigenvalue weighted by atomic mass is 10.1. The molecule has 0 amide bonds. The third-order valence-corrected chi connectivity index (χ3v) is 2.12. The molecule has 1 heterocycles. The molecule has 0 aliphatic rings. The van der Waals surface area contributed by atoms with Crippen molar-refractivity contribution in [3.63, 3.8) is 0 Å². The fourth-order valence-corrected chi connectivity index (χ4v) is 1.50. The molecule has 0 aliphatic carbocycles. The monoisotopic (exact) mass is 172 g/mol. The number of hydrogen-bond donors (Lipinski definition) is 1. The van der Waals surface area contributed by atoms with Gasteiger partial charge in [-0.3, -0.25) is 0 Å². The molecule has 1 unspecified atom stereocenters. The Morgan fingerprint density at radius 1 is 1.73 bits per heavy atom. The minimum absolute atomic E-state index is 0.243. The largest absolute Gasteiger partial charge is 0.393 e. The van der Waals surface area contributed by atoms with Crippen LogP contribution in [0.4, 0.5) is 0 Å². The Morgan fingerprint density at radius 2 is 2.55 bits per heavy atom. The molecule has 1 aromatic heterocycles. The maximum atomic E-state index is 9.36. The van der Waals surface area contributed by atoms with Crippen LogP contribution in [0, 0.1) is 0 Å². The second kappa shape index (κ2) is 4.41. The fourth-order valence-electron chi connectivity index (χ4n) is 0.923. The van der Waals surface area contributed by atoms with Crippen molar-refractivity contribution in [3.8, 4) is 0 Å². The van der Waals surface area contributed by atoms with Gasteiger partial charge in [-0.25, -0.2) is 4.98 Å². The SMILES string of the molecule is CCCC(O)Cc1ncns1. The van der Waals surface area contributed by atoms with Crippen LogP contribution in [0.2, 0.25) is 0 Å². The first-order valence-corrected chi connectivity index (χ1v) is 4.54. The van der Waals surface area contributed by atoms with Crippen LogP contribution in [0.3, 0.4) is 0 Å². The zero-order valence-corrected chi connectivity index (χ0v) is 7.34. The molecule has 4 heteroatoms. The second-order valence-corrected chi connectivity index (χ2v) is 3.35. The lowest BCUT2D eigenvalue weighted by molar-refractivity contribution is 0.164. The Balaban J connectivity index is 2.31. The van der Waals surface area contributed by atoms with Crippen molar-refractivity contribution >= 4 is 11.5 Å². The van der Waals surface area contributed by atoms with Crippen molar-refractivity contribution in [3.05, 3.63) is 11.3 Å². The van der Waals surface area contributed by atoms with E-state index < -0.39 is 0 Å². The molecule has 1 rings (SSSR count). The molecule has 11 heavy (non-hydrogen) atoms. The first kappa shape index (κ1) is 8.62. The van der Waals surface area contributed by atoms with E-state index in [1.807, 2.05) is 0 Å². The molecule has 62 valence electrons. The molecule has 1 aromatic rings. The summed E-state index contributed by atoms with van der Waals surface area (Å²) in [6.07, 6.45) is 3.80. The summed E-state index contributed by atoms with van der Waals surface area (Å²) in [6.45, 7) is 2.06. The third-order valence-electron chi connectivity index (χ3n) is 1.44. The summed E-state index contributed by atoms with van der Waals surface area (Å²) >= 11 is 1.36. The Morgan fingerprint density at radius 3 is 3.09 bits per heavy atom. The topological polar surface area (TPSA) is 46.0 Å². The summed E-state index contributed by atoms with van der Waals surface area (Å²) in [5.41, 5.74) is 0. The van der Waals surface area contributed by atoms with Gasteiger partial charge in [-0.05, 0) is 18.0 Å². The molecule has 3 nitrogen and oxygen atoms in total. The number of hydrogen-bond acceptors (Lipinski definition) is 4. The van der Waals surface area contributed by atoms with Crippen LogP contribution in [0.1, 0.15) is 24.8 Å². The van der Waals surface area contributed by atoms with E-state index in [2.05, 4.69) is 16.3 Å². The van der Waals surface area contributed by atoms with Gasteiger partial charge in [0.05, 0.1) is 6.10 Å². The molecule has 0 saturated carbocycles. The van der Waals surface area contributed by atoms with Crippen LogP contribution in [0.25, 0.3) is 0 Å². The summed E-state index contributed by atoms with van der Waals surface area (Å²) in [4.78, 5) is 3.99. The summed E-state index contributed by atoms with van der Waals surface area (Å²) in [5, 5.41) is 10.3. The van der Waals surface area contributed by atoms with Crippen molar-refractivity contribution in [2.24, 2.45) is 0 Å². The Labute approximate surface area is 70.3 Å². The van der Waals surface area contributed by atoms with Crippen LogP contribution in [0.5, 0.6) is 0 Å². The number of rotatable bonds is 4. The molecule has 0 aromatic carbocycles. The maximum Gasteiger partial charge on any atom is 0.129 e. The second-order valence-electron chi connectivity index (χ2n) is 2.48. The summed E-state index contributed by atoms with van der Waals surface area (Å²) in [6, 6.07) is 0. The van der Waals surface area contributed by atoms with Crippen molar-refractivity contribution in [2.45, 2.75) is 32.3 Å². The van der Waals surface area contributed by atoms with Crippen molar-refractivity contribution < 1.29 is 5.11 Å². The molecule has 0 spiro atoms. The van der Waals surface area contributed by atoms with Crippen LogP contribution < -0.4 is 0 Å². The highest BCUT2D eigenvalue weighted by Gasteiger charge is 2.05. The van der Waals surface area contributed by atoms with E-state index in [-0.39, 0.29) is 6.10 Å². The molecule has 1 atom stereocenters. The first-order valence-electron chi connectivity index (χ1n) is 3.76. The quantitative estimate of drug-likeness (QED) is 0.743. The average molecular weight is 172 g/mol. The minimum Gasteiger partial charge on any atom is -0.393 e. The maximum absolute atomic E-state index is 9.36. The van der Waals surface area contributed by atoms with Gasteiger partial charge in [0.1, 0.15) is 11.3 Å². The molecule has 0 radical (unpaired) electrons. The van der Waals surface area contributed by atoms with E-state index in [0.29, 0.717) is 6.42 Å². The van der Waals surface area contributed by atoms with E-state index in [1.54, 1.807) is 0 Å². The highest BCUT2D eigenvalue weighted by Crippen LogP contribution is 2.07. The molecule has 0 saturated heterocycles. The molecular formula is C7H12N2OS. The zero-order chi connectivity index (χ0) is 8.10. The molecule has 0 aliphatic heterocycles. The first-order chi connectivity index (χ1) is 5.33. The number of aliphatic hydroxyl groups excluding tert-OH is 1. The number of nitrogens with zero attached hydrogens (tertiary/aromatic N) is 2. The smallest absolute Gasteiger partial charge is 0.129 e. The van der Waals surface area contributed by atoms with E-state index in [1.165, 1.54) is 17.9 Å². The number of aliphatic hydroxyl groups is 1. The van der Waals surface area contributed by atoms with Gasteiger partial charge in [-0.15, -0.1) is 0 Å². The van der Waals surface area contributed by atoms with Gasteiger partial charge >= 0.3 is 0 Å². The van der Waals surface area contributed by atoms with Gasteiger partial charge in [0.25, 0.3) is 0 Å². The Bertz CT molecular complexity index is 188. The van der Waals surface area contributed by atoms with Gasteiger partial charge in [-0.1, -0.05) is 13.3 Å². The van der Waals surface area contributed by atoms with E-state index >= 15 is 0 Å². The Kier molecular flexibility index (Phi) is 3.45. The van der Waals surface area contributed by atoms with E-state index in [4.69, 9.17) is 0 Å². The normalized spacial score (nSPS) is 13.3. The average Bonchev–Trinajstić information content (AvgIpc) is 2.40. The Hall–Kier alpha value is -0.480. The highest BCUT2D eigenvalue weighted by molar-refractivity contribution is 7.05. The van der Waals surface area contributed by atoms with Crippen LogP contribution in [-0.4, -0.2) is 20.6 Å². The summed E-state index contributed by atoms with van der Waals surface area (Å²) in [7, 11) is 0. The van der Waals surface area contributed by atoms with Gasteiger partial charge in [-0.2, -0.15) is 4.37 Å². The lowest BCUT2D eigenvalue weighted by Crippen LogP contribution is -2.09. The van der Waals surface area contributed by atoms with Gasteiger partial charge < -0.3 is 5.11 Å². The fraction of sp³-hybridized carbons (Fsp3) is 0.714. The summed E-state index contributed by atoms with van der Waals surface area (Å²) in [5.74, 6) is 0. The van der Waals surface area contributed by atoms with Gasteiger partial charge in [0.15, 0.2) is 0 Å². The third kappa shape index (κ3) is 2.95. The predicted molar refractivity (Wildman–Crippen MR) is 44.5 cm³/mol. The summed E-state index contributed by atoms with van der Waals surface area (Å²) < 4.78 is 3.85. The van der Waals surface area contributed by atoms with Crippen molar-refractivity contribution in [1.29, 1.82) is 0 Å². The van der Waals surface area contributed by atoms with Crippen LogP contribution in [0.15, 0.2) is 6.33 Å². The van der Waals surface area contributed by atoms with E-state index in [9.17, 15) is 5.11 Å². The minimum atomic E-state index is -0.243. The van der Waals surface area contributed by atoms with Crippen molar-refractivity contribution in [1.82, 2.24) is 9.36 Å². The molecule has 0 fully saturated rings. The molecule has 1 N–H and O–H groups in total. The van der Waals surface area contributed by atoms with E-state index in [0.717, 1.165) is 17.8 Å². The van der Waals surface area contributed by atoms with Crippen molar-refractivity contribution in [2.75, 3.05) is 0 Å².